The summed E-state index contributed by atoms with van der Waals surface area (Å²) >= 11 is 6.41. The first kappa shape index (κ1) is 23.9. The van der Waals surface area contributed by atoms with Crippen LogP contribution in [0.5, 0.6) is 0 Å². The molecule has 0 saturated carbocycles. The van der Waals surface area contributed by atoms with Crippen molar-refractivity contribution >= 4 is 17.4 Å². The van der Waals surface area contributed by atoms with Crippen LogP contribution in [0.4, 0.5) is 0 Å². The summed E-state index contributed by atoms with van der Waals surface area (Å²) in [4.78, 5) is 15.4. The molecule has 0 aliphatic carbocycles. The van der Waals surface area contributed by atoms with Crippen LogP contribution in [-0.4, -0.2) is 34.4 Å². The number of nitrogens with one attached hydrogen (secondary N) is 1. The molecule has 0 spiro atoms. The van der Waals surface area contributed by atoms with E-state index in [1.807, 2.05) is 42.5 Å². The zero-order valence-corrected chi connectivity index (χ0v) is 19.3. The Kier molecular flexibility index (Phi) is 9.54. The third-order valence-electron chi connectivity index (χ3n) is 6.18. The van der Waals surface area contributed by atoms with Crippen molar-refractivity contribution in [2.24, 2.45) is 0 Å². The lowest BCUT2D eigenvalue weighted by molar-refractivity contribution is -0.123. The number of hydrogen-bond donors (Lipinski definition) is 2. The molecule has 1 heterocycles. The summed E-state index contributed by atoms with van der Waals surface area (Å²) in [6, 6.07) is 16.1. The van der Waals surface area contributed by atoms with Gasteiger partial charge in [0.05, 0.1) is 12.6 Å². The Bertz CT molecular complexity index is 824. The molecule has 2 N–H and O–H groups in total. The van der Waals surface area contributed by atoms with Crippen molar-refractivity contribution in [3.05, 3.63) is 70.2 Å². The second-order valence-electron chi connectivity index (χ2n) is 8.60. The fourth-order valence-corrected chi connectivity index (χ4v) is 4.52. The van der Waals surface area contributed by atoms with E-state index in [4.69, 9.17) is 11.6 Å². The molecule has 31 heavy (non-hydrogen) atoms. The van der Waals surface area contributed by atoms with Crippen molar-refractivity contribution in [3.63, 3.8) is 0 Å². The maximum atomic E-state index is 13.1. The van der Waals surface area contributed by atoms with Gasteiger partial charge < -0.3 is 10.4 Å². The normalized spacial score (nSPS) is 19.1. The number of nitrogens with zero attached hydrogens (tertiary/aromatic N) is 1. The van der Waals surface area contributed by atoms with E-state index >= 15 is 0 Å². The highest BCUT2D eigenvalue weighted by Gasteiger charge is 2.36. The summed E-state index contributed by atoms with van der Waals surface area (Å²) < 4.78 is 0. The third kappa shape index (κ3) is 7.15. The van der Waals surface area contributed by atoms with Gasteiger partial charge in [0.25, 0.3) is 0 Å². The predicted molar refractivity (Wildman–Crippen MR) is 127 cm³/mol. The summed E-state index contributed by atoms with van der Waals surface area (Å²) in [6.07, 6.45) is 6.00. The average molecular weight is 443 g/mol. The van der Waals surface area contributed by atoms with Crippen LogP contribution < -0.4 is 5.32 Å². The van der Waals surface area contributed by atoms with E-state index in [-0.39, 0.29) is 18.7 Å². The monoisotopic (exact) mass is 442 g/mol. The van der Waals surface area contributed by atoms with Crippen LogP contribution in [0.3, 0.4) is 0 Å². The van der Waals surface area contributed by atoms with Gasteiger partial charge >= 0.3 is 0 Å². The van der Waals surface area contributed by atoms with Crippen molar-refractivity contribution in [2.75, 3.05) is 6.54 Å². The Morgan fingerprint density at radius 1 is 1.10 bits per heavy atom. The van der Waals surface area contributed by atoms with Gasteiger partial charge in [-0.2, -0.15) is 0 Å². The number of hydrogen-bond acceptors (Lipinski definition) is 4. The topological polar surface area (TPSA) is 52.6 Å². The first-order valence-corrected chi connectivity index (χ1v) is 11.9. The summed E-state index contributed by atoms with van der Waals surface area (Å²) in [6.45, 7) is 4.56. The first-order chi connectivity index (χ1) is 15.1. The average Bonchev–Trinajstić information content (AvgIpc) is 3.20. The highest BCUT2D eigenvalue weighted by Crippen LogP contribution is 2.26. The number of halogens is 1. The SMILES string of the molecule is CCCCCCC(=O)[C@@H]1C[C@H](NCc2ccc(CO)cc2)CN1Cc1ccccc1Cl. The van der Waals surface area contributed by atoms with E-state index in [9.17, 15) is 9.90 Å². The van der Waals surface area contributed by atoms with Crippen LogP contribution in [0.15, 0.2) is 48.5 Å². The van der Waals surface area contributed by atoms with E-state index in [0.29, 0.717) is 18.7 Å². The van der Waals surface area contributed by atoms with Gasteiger partial charge in [-0.3, -0.25) is 9.69 Å². The third-order valence-corrected chi connectivity index (χ3v) is 6.55. The fourth-order valence-electron chi connectivity index (χ4n) is 4.32. The van der Waals surface area contributed by atoms with Gasteiger partial charge in [-0.05, 0) is 35.6 Å². The summed E-state index contributed by atoms with van der Waals surface area (Å²) in [5, 5.41) is 13.6. The first-order valence-electron chi connectivity index (χ1n) is 11.5. The zero-order valence-electron chi connectivity index (χ0n) is 18.5. The Morgan fingerprint density at radius 2 is 1.84 bits per heavy atom. The fraction of sp³-hybridized carbons (Fsp3) is 0.500. The maximum Gasteiger partial charge on any atom is 0.150 e. The minimum atomic E-state index is -0.0489. The number of likely N-dealkylation sites (tertiary alicyclic amines) is 1. The van der Waals surface area contributed by atoms with Crippen molar-refractivity contribution in [3.8, 4) is 0 Å². The Balaban J connectivity index is 1.62. The van der Waals surface area contributed by atoms with Gasteiger partial charge in [0, 0.05) is 37.1 Å². The summed E-state index contributed by atoms with van der Waals surface area (Å²) in [5.74, 6) is 0.361. The minimum Gasteiger partial charge on any atom is -0.392 e. The highest BCUT2D eigenvalue weighted by atomic mass is 35.5. The van der Waals surface area contributed by atoms with Gasteiger partial charge in [0.15, 0.2) is 0 Å². The number of unbranched alkanes of at least 4 members (excludes halogenated alkanes) is 3. The predicted octanol–water partition coefficient (Wildman–Crippen LogP) is 5.10. The molecular weight excluding hydrogens is 408 g/mol. The molecule has 0 amide bonds. The van der Waals surface area contributed by atoms with E-state index in [1.54, 1.807) is 0 Å². The number of ketones is 1. The number of carbonyl (C=O) groups excluding carboxylic acids is 1. The molecule has 0 aromatic heterocycles. The molecule has 1 aliphatic rings. The molecular formula is C26H35ClN2O2. The molecule has 168 valence electrons. The van der Waals surface area contributed by atoms with Crippen molar-refractivity contribution in [1.29, 1.82) is 0 Å². The van der Waals surface area contributed by atoms with E-state index in [1.165, 1.54) is 18.4 Å². The number of carbonyl (C=O) groups is 1. The standard InChI is InChI=1S/C26H35ClN2O2/c1-2-3-4-5-10-26(31)25-15-23(28-16-20-11-13-21(19-30)14-12-20)18-29(25)17-22-8-6-7-9-24(22)27/h6-9,11-14,23,25,28,30H,2-5,10,15-19H2,1H3/t23-,25-/m0/s1. The molecule has 2 aromatic carbocycles. The second kappa shape index (κ2) is 12.4. The quantitative estimate of drug-likeness (QED) is 0.449. The number of rotatable bonds is 12. The van der Waals surface area contributed by atoms with Crippen molar-refractivity contribution in [2.45, 2.75) is 77.2 Å². The van der Waals surface area contributed by atoms with Gasteiger partial charge in [-0.25, -0.2) is 0 Å². The molecule has 3 rings (SSSR count). The van der Waals surface area contributed by atoms with Gasteiger partial charge in [-0.1, -0.05) is 80.3 Å². The van der Waals surface area contributed by atoms with Crippen LogP contribution in [0, 0.1) is 0 Å². The number of aliphatic hydroxyl groups excluding tert-OH is 1. The largest absolute Gasteiger partial charge is 0.392 e. The van der Waals surface area contributed by atoms with Crippen LogP contribution in [0.2, 0.25) is 5.02 Å². The molecule has 1 fully saturated rings. The van der Waals surface area contributed by atoms with Gasteiger partial charge in [-0.15, -0.1) is 0 Å². The Hall–Kier alpha value is -1.72. The van der Waals surface area contributed by atoms with Crippen LogP contribution >= 0.6 is 11.6 Å². The number of benzene rings is 2. The molecule has 2 aromatic rings. The van der Waals surface area contributed by atoms with E-state index in [0.717, 1.165) is 48.5 Å². The highest BCUT2D eigenvalue weighted by molar-refractivity contribution is 6.31. The lowest BCUT2D eigenvalue weighted by Crippen LogP contribution is -2.36. The molecule has 4 nitrogen and oxygen atoms in total. The number of aliphatic hydroxyl groups is 1. The minimum absolute atomic E-state index is 0.0489. The van der Waals surface area contributed by atoms with Gasteiger partial charge in [0.1, 0.15) is 5.78 Å². The van der Waals surface area contributed by atoms with Crippen molar-refractivity contribution in [1.82, 2.24) is 10.2 Å². The maximum absolute atomic E-state index is 13.1. The van der Waals surface area contributed by atoms with Crippen LogP contribution in [0.1, 0.15) is 62.1 Å². The molecule has 0 radical (unpaired) electrons. The molecule has 5 heteroatoms. The lowest BCUT2D eigenvalue weighted by Gasteiger charge is -2.24. The molecule has 1 saturated heterocycles. The second-order valence-corrected chi connectivity index (χ2v) is 9.01. The Labute approximate surface area is 191 Å². The molecule has 0 bridgehead atoms. The van der Waals surface area contributed by atoms with Crippen molar-refractivity contribution < 1.29 is 9.90 Å². The lowest BCUT2D eigenvalue weighted by atomic mass is 10.0. The van der Waals surface area contributed by atoms with Crippen LogP contribution in [0.25, 0.3) is 0 Å². The zero-order chi connectivity index (χ0) is 22.1. The summed E-state index contributed by atoms with van der Waals surface area (Å²) in [5.41, 5.74) is 3.18. The smallest absolute Gasteiger partial charge is 0.150 e. The van der Waals surface area contributed by atoms with E-state index < -0.39 is 0 Å². The Morgan fingerprint density at radius 3 is 2.55 bits per heavy atom. The van der Waals surface area contributed by atoms with Gasteiger partial charge in [0.2, 0.25) is 0 Å². The van der Waals surface area contributed by atoms with E-state index in [2.05, 4.69) is 23.2 Å². The molecule has 1 aliphatic heterocycles. The number of Topliss-reactive ketones (excluding diaryl/α,β-unsaturated/α-hetero) is 1. The van der Waals surface area contributed by atoms with Crippen LogP contribution in [-0.2, 0) is 24.5 Å². The molecule has 0 unspecified atom stereocenters. The summed E-state index contributed by atoms with van der Waals surface area (Å²) in [7, 11) is 0. The molecule has 2 atom stereocenters.